The third-order valence-corrected chi connectivity index (χ3v) is 3.77. The lowest BCUT2D eigenvalue weighted by molar-refractivity contribution is -0.141. The molecule has 0 aliphatic carbocycles. The molecule has 0 radical (unpaired) electrons. The molecule has 172 valence electrons. The maximum absolute atomic E-state index is 10.9. The number of hydrogen-bond acceptors (Lipinski definition) is 7. The van der Waals surface area contributed by atoms with Gasteiger partial charge in [0.25, 0.3) is 0 Å². The second-order valence-electron chi connectivity index (χ2n) is 6.68. The zero-order chi connectivity index (χ0) is 23.5. The van der Waals surface area contributed by atoms with Crippen LogP contribution in [0.3, 0.4) is 0 Å². The number of nitrogens with one attached hydrogen (secondary N) is 2. The van der Waals surface area contributed by atoms with Gasteiger partial charge in [0.1, 0.15) is 6.29 Å². The summed E-state index contributed by atoms with van der Waals surface area (Å²) >= 11 is 0. The summed E-state index contributed by atoms with van der Waals surface area (Å²) in [6, 6.07) is 9.71. The first-order chi connectivity index (χ1) is 14.9. The number of aromatic nitrogens is 2. The zero-order valence-electron chi connectivity index (χ0n) is 19.0. The highest BCUT2D eigenvalue weighted by molar-refractivity contribution is 5.77. The standard InChI is InChI=1S/C12H17NO2.C8H11N3O2.C2H6O/c1-13(9-8-12(14)15-2)10-11-6-4-3-5-7-11;1-6(13)11-8(4-12)2-7-3-9-5-10-7;1-3-2/h3-7H,8-10H2,1-2H3;3-5,8H,2H2,1H3,(H,9,10)(H,11,13);1-2H3. The summed E-state index contributed by atoms with van der Waals surface area (Å²) < 4.78 is 8.84. The Hall–Kier alpha value is -3.04. The predicted molar refractivity (Wildman–Crippen MR) is 118 cm³/mol. The van der Waals surface area contributed by atoms with Gasteiger partial charge < -0.3 is 29.5 Å². The van der Waals surface area contributed by atoms with E-state index >= 15 is 0 Å². The molecule has 0 saturated heterocycles. The van der Waals surface area contributed by atoms with Gasteiger partial charge in [-0.1, -0.05) is 30.3 Å². The number of rotatable bonds is 9. The Bertz CT molecular complexity index is 723. The Labute approximate surface area is 184 Å². The molecule has 1 amide bonds. The minimum absolute atomic E-state index is 0.157. The molecule has 0 bridgehead atoms. The van der Waals surface area contributed by atoms with E-state index in [9.17, 15) is 14.4 Å². The third-order valence-electron chi connectivity index (χ3n) is 3.77. The number of ether oxygens (including phenoxy) is 2. The van der Waals surface area contributed by atoms with Gasteiger partial charge in [-0.3, -0.25) is 9.59 Å². The number of carbonyl (C=O) groups excluding carboxylic acids is 3. The smallest absolute Gasteiger partial charge is 0.306 e. The quantitative estimate of drug-likeness (QED) is 0.455. The van der Waals surface area contributed by atoms with Gasteiger partial charge in [0.2, 0.25) is 5.91 Å². The van der Waals surface area contributed by atoms with Crippen LogP contribution in [0, 0.1) is 0 Å². The van der Waals surface area contributed by atoms with Crippen molar-refractivity contribution < 1.29 is 23.9 Å². The predicted octanol–water partition coefficient (Wildman–Crippen LogP) is 1.60. The summed E-state index contributed by atoms with van der Waals surface area (Å²) in [6.07, 6.45) is 4.76. The number of hydrogen-bond donors (Lipinski definition) is 2. The number of H-pyrrole nitrogens is 1. The molecule has 9 nitrogen and oxygen atoms in total. The molecular formula is C22H34N4O5. The SMILES string of the molecule is CC(=O)NC(C=O)Cc1cnc[nH]1.COC.COC(=O)CCN(C)Cc1ccccc1. The number of nitrogens with zero attached hydrogens (tertiary/aromatic N) is 2. The van der Waals surface area contributed by atoms with Crippen LogP contribution in [0.1, 0.15) is 24.6 Å². The first kappa shape index (κ1) is 28.0. The molecule has 0 spiro atoms. The summed E-state index contributed by atoms with van der Waals surface area (Å²) in [6.45, 7) is 2.96. The summed E-state index contributed by atoms with van der Waals surface area (Å²) in [4.78, 5) is 40.8. The van der Waals surface area contributed by atoms with Crippen molar-refractivity contribution in [1.82, 2.24) is 20.2 Å². The lowest BCUT2D eigenvalue weighted by atomic mass is 10.2. The molecule has 2 aromatic rings. The molecule has 9 heteroatoms. The van der Waals surface area contributed by atoms with Crippen LogP contribution in [0.2, 0.25) is 0 Å². The van der Waals surface area contributed by atoms with Crippen LogP contribution >= 0.6 is 0 Å². The molecule has 31 heavy (non-hydrogen) atoms. The van der Waals surface area contributed by atoms with E-state index in [1.165, 1.54) is 25.9 Å². The highest BCUT2D eigenvalue weighted by Crippen LogP contribution is 2.03. The lowest BCUT2D eigenvalue weighted by Gasteiger charge is -2.15. The van der Waals surface area contributed by atoms with E-state index in [1.807, 2.05) is 25.2 Å². The van der Waals surface area contributed by atoms with Gasteiger partial charge in [-0.15, -0.1) is 0 Å². The number of benzene rings is 1. The zero-order valence-corrected chi connectivity index (χ0v) is 19.0. The van der Waals surface area contributed by atoms with Crippen molar-refractivity contribution in [2.45, 2.75) is 32.4 Å². The Kier molecular flexibility index (Phi) is 16.0. The van der Waals surface area contributed by atoms with Crippen molar-refractivity contribution in [3.8, 4) is 0 Å². The van der Waals surface area contributed by atoms with Crippen molar-refractivity contribution in [2.24, 2.45) is 0 Å². The minimum Gasteiger partial charge on any atom is -0.469 e. The molecule has 1 aromatic carbocycles. The Morgan fingerprint density at radius 3 is 2.35 bits per heavy atom. The van der Waals surface area contributed by atoms with E-state index in [2.05, 4.69) is 41.8 Å². The number of imidazole rings is 1. The molecule has 0 aliphatic heterocycles. The van der Waals surface area contributed by atoms with E-state index < -0.39 is 6.04 Å². The number of carbonyl (C=O) groups is 3. The van der Waals surface area contributed by atoms with Crippen LogP contribution in [0.4, 0.5) is 0 Å². The van der Waals surface area contributed by atoms with Crippen molar-refractivity contribution in [3.05, 3.63) is 54.1 Å². The molecule has 1 heterocycles. The Balaban J connectivity index is 0.000000519. The van der Waals surface area contributed by atoms with Crippen molar-refractivity contribution in [1.29, 1.82) is 0 Å². The fraction of sp³-hybridized carbons (Fsp3) is 0.455. The fourth-order valence-corrected chi connectivity index (χ4v) is 2.39. The third kappa shape index (κ3) is 15.5. The van der Waals surface area contributed by atoms with Crippen molar-refractivity contribution in [2.75, 3.05) is 34.9 Å². The van der Waals surface area contributed by atoms with Crippen LogP contribution in [-0.2, 0) is 36.8 Å². The number of esters is 1. The monoisotopic (exact) mass is 434 g/mol. The highest BCUT2D eigenvalue weighted by atomic mass is 16.5. The number of amides is 1. The second-order valence-corrected chi connectivity index (χ2v) is 6.68. The Morgan fingerprint density at radius 2 is 1.87 bits per heavy atom. The van der Waals surface area contributed by atoms with Gasteiger partial charge in [0.05, 0.1) is 25.9 Å². The number of aromatic amines is 1. The summed E-state index contributed by atoms with van der Waals surface area (Å²) in [5, 5.41) is 2.51. The van der Waals surface area contributed by atoms with Gasteiger partial charge in [-0.25, -0.2) is 4.98 Å². The molecule has 1 aromatic heterocycles. The maximum Gasteiger partial charge on any atom is 0.306 e. The Morgan fingerprint density at radius 1 is 1.23 bits per heavy atom. The van der Waals surface area contributed by atoms with Crippen molar-refractivity contribution in [3.63, 3.8) is 0 Å². The first-order valence-electron chi connectivity index (χ1n) is 9.75. The van der Waals surface area contributed by atoms with Crippen LogP contribution in [0.5, 0.6) is 0 Å². The normalized spacial score (nSPS) is 10.6. The minimum atomic E-state index is -0.474. The summed E-state index contributed by atoms with van der Waals surface area (Å²) in [7, 11) is 6.66. The lowest BCUT2D eigenvalue weighted by Crippen LogP contribution is -2.36. The van der Waals surface area contributed by atoms with Crippen LogP contribution in [-0.4, -0.2) is 74.0 Å². The fourth-order valence-electron chi connectivity index (χ4n) is 2.39. The average molecular weight is 435 g/mol. The van der Waals surface area contributed by atoms with Crippen LogP contribution < -0.4 is 5.32 Å². The average Bonchev–Trinajstić information content (AvgIpc) is 3.26. The first-order valence-corrected chi connectivity index (χ1v) is 9.75. The van der Waals surface area contributed by atoms with Gasteiger partial charge >= 0.3 is 5.97 Å². The number of aldehydes is 1. The largest absolute Gasteiger partial charge is 0.469 e. The van der Waals surface area contributed by atoms with E-state index in [-0.39, 0.29) is 11.9 Å². The van der Waals surface area contributed by atoms with Crippen molar-refractivity contribution >= 4 is 18.2 Å². The number of methoxy groups -OCH3 is 2. The molecular weight excluding hydrogens is 400 g/mol. The molecule has 0 saturated carbocycles. The summed E-state index contributed by atoms with van der Waals surface area (Å²) in [5.41, 5.74) is 2.08. The molecule has 2 rings (SSSR count). The highest BCUT2D eigenvalue weighted by Gasteiger charge is 2.09. The van der Waals surface area contributed by atoms with Gasteiger partial charge in [-0.05, 0) is 12.6 Å². The maximum atomic E-state index is 10.9. The summed E-state index contributed by atoms with van der Waals surface area (Å²) in [5.74, 6) is -0.369. The van der Waals surface area contributed by atoms with Gasteiger partial charge in [-0.2, -0.15) is 0 Å². The van der Waals surface area contributed by atoms with Crippen LogP contribution in [0.25, 0.3) is 0 Å². The molecule has 1 atom stereocenters. The van der Waals surface area contributed by atoms with E-state index in [1.54, 1.807) is 20.4 Å². The molecule has 0 fully saturated rings. The van der Waals surface area contributed by atoms with Gasteiger partial charge in [0.15, 0.2) is 0 Å². The van der Waals surface area contributed by atoms with E-state index in [0.717, 1.165) is 18.8 Å². The van der Waals surface area contributed by atoms with E-state index in [0.29, 0.717) is 19.1 Å². The molecule has 0 aliphatic rings. The van der Waals surface area contributed by atoms with E-state index in [4.69, 9.17) is 0 Å². The van der Waals surface area contributed by atoms with Gasteiger partial charge in [0, 0.05) is 52.5 Å². The molecule has 1 unspecified atom stereocenters. The van der Waals surface area contributed by atoms with Crippen LogP contribution in [0.15, 0.2) is 42.9 Å². The topological polar surface area (TPSA) is 114 Å². The second kappa shape index (κ2) is 17.8. The molecule has 2 N–H and O–H groups in total.